The van der Waals surface area contributed by atoms with Crippen molar-refractivity contribution in [2.24, 2.45) is 11.7 Å². The van der Waals surface area contributed by atoms with E-state index in [0.717, 1.165) is 32.4 Å². The molecule has 27 heavy (non-hydrogen) atoms. The van der Waals surface area contributed by atoms with E-state index in [9.17, 15) is 9.59 Å². The monoisotopic (exact) mass is 381 g/mol. The fourth-order valence-corrected chi connectivity index (χ4v) is 5.08. The van der Waals surface area contributed by atoms with Gasteiger partial charge in [0, 0.05) is 38.6 Å². The van der Waals surface area contributed by atoms with Crippen molar-refractivity contribution in [1.29, 1.82) is 0 Å². The fraction of sp³-hybridized carbons (Fsp3) is 0.895. The number of ether oxygens (including phenoxy) is 1. The predicted octanol–water partition coefficient (Wildman–Crippen LogP) is 0.468. The quantitative estimate of drug-likeness (QED) is 0.643. The Labute approximate surface area is 162 Å². The van der Waals surface area contributed by atoms with Gasteiger partial charge < -0.3 is 25.6 Å². The molecule has 8 heteroatoms. The Morgan fingerprint density at radius 3 is 2.48 bits per heavy atom. The summed E-state index contributed by atoms with van der Waals surface area (Å²) in [5.74, 6) is 0.541. The van der Waals surface area contributed by atoms with Crippen LogP contribution in [0.3, 0.4) is 0 Å². The summed E-state index contributed by atoms with van der Waals surface area (Å²) < 4.78 is 5.52. The fourth-order valence-electron chi connectivity index (χ4n) is 5.08. The van der Waals surface area contributed by atoms with E-state index in [-0.39, 0.29) is 42.4 Å². The number of hydrogen-bond acceptors (Lipinski definition) is 6. The second kappa shape index (κ2) is 8.32. The Kier molecular flexibility index (Phi) is 6.28. The van der Waals surface area contributed by atoms with Gasteiger partial charge in [-0.15, -0.1) is 0 Å². The van der Waals surface area contributed by atoms with Crippen molar-refractivity contribution in [1.82, 2.24) is 20.4 Å². The lowest BCUT2D eigenvalue weighted by atomic mass is 9.75. The lowest BCUT2D eigenvalue weighted by Crippen LogP contribution is -2.68. The molecule has 154 valence electrons. The molecule has 3 rings (SSSR count). The number of amides is 2. The number of carbonyl (C=O) groups excluding carboxylic acids is 2. The minimum Gasteiger partial charge on any atom is -0.447 e. The SMILES string of the molecule is CC(=O)N1C2CCC(C3CNC(N)CN3)CC2N(C(=O)OC(C)C)C[C@@H]1C. The largest absolute Gasteiger partial charge is 0.447 e. The molecule has 8 nitrogen and oxygen atoms in total. The van der Waals surface area contributed by atoms with Crippen molar-refractivity contribution < 1.29 is 14.3 Å². The molecule has 3 fully saturated rings. The van der Waals surface area contributed by atoms with Gasteiger partial charge in [-0.1, -0.05) is 0 Å². The van der Waals surface area contributed by atoms with Crippen molar-refractivity contribution in [3.05, 3.63) is 0 Å². The van der Waals surface area contributed by atoms with Crippen molar-refractivity contribution in [2.45, 2.75) is 83.4 Å². The van der Waals surface area contributed by atoms with Gasteiger partial charge in [-0.3, -0.25) is 10.1 Å². The molecule has 2 aliphatic heterocycles. The van der Waals surface area contributed by atoms with Crippen LogP contribution in [0, 0.1) is 5.92 Å². The Bertz CT molecular complexity index is 549. The van der Waals surface area contributed by atoms with Crippen molar-refractivity contribution in [3.63, 3.8) is 0 Å². The molecule has 1 aliphatic carbocycles. The Hall–Kier alpha value is -1.38. The molecular formula is C19H35N5O3. The molecule has 0 aromatic heterocycles. The number of hydrogen-bond donors (Lipinski definition) is 3. The number of rotatable bonds is 2. The van der Waals surface area contributed by atoms with E-state index in [0.29, 0.717) is 18.5 Å². The number of fused-ring (bicyclic) bond motifs is 1. The third-order valence-corrected chi connectivity index (χ3v) is 6.22. The first-order chi connectivity index (χ1) is 12.8. The molecule has 4 N–H and O–H groups in total. The Morgan fingerprint density at radius 1 is 1.15 bits per heavy atom. The highest BCUT2D eigenvalue weighted by molar-refractivity contribution is 5.75. The van der Waals surface area contributed by atoms with Gasteiger partial charge in [0.15, 0.2) is 0 Å². The maximum Gasteiger partial charge on any atom is 0.410 e. The van der Waals surface area contributed by atoms with Crippen LogP contribution in [0.4, 0.5) is 4.79 Å². The maximum absolute atomic E-state index is 12.8. The van der Waals surface area contributed by atoms with Crippen LogP contribution in [-0.2, 0) is 9.53 Å². The number of nitrogens with one attached hydrogen (secondary N) is 2. The van der Waals surface area contributed by atoms with Crippen LogP contribution in [0.1, 0.15) is 47.0 Å². The van der Waals surface area contributed by atoms with E-state index in [1.807, 2.05) is 30.6 Å². The summed E-state index contributed by atoms with van der Waals surface area (Å²) in [6.45, 7) is 9.52. The first kappa shape index (κ1) is 20.4. The molecule has 2 saturated heterocycles. The molecule has 0 radical (unpaired) electrons. The molecule has 3 aliphatic rings. The molecule has 6 atom stereocenters. The first-order valence-electron chi connectivity index (χ1n) is 10.3. The van der Waals surface area contributed by atoms with Crippen LogP contribution < -0.4 is 16.4 Å². The normalized spacial score (nSPS) is 37.1. The highest BCUT2D eigenvalue weighted by Gasteiger charge is 2.48. The molecule has 5 unspecified atom stereocenters. The standard InChI is InChI=1S/C19H35N5O3/c1-11(2)27-19(26)23-10-12(3)24(13(4)25)16-6-5-14(7-17(16)23)15-8-22-18(20)9-21-15/h11-12,14-18,21-22H,5-10,20H2,1-4H3/t12-,14?,15?,16?,17?,18?/m0/s1. The highest BCUT2D eigenvalue weighted by Crippen LogP contribution is 2.37. The van der Waals surface area contributed by atoms with Gasteiger partial charge in [-0.2, -0.15) is 0 Å². The third kappa shape index (κ3) is 4.38. The van der Waals surface area contributed by atoms with E-state index in [4.69, 9.17) is 10.5 Å². The summed E-state index contributed by atoms with van der Waals surface area (Å²) in [7, 11) is 0. The van der Waals surface area contributed by atoms with Gasteiger partial charge in [0.25, 0.3) is 0 Å². The van der Waals surface area contributed by atoms with Crippen LogP contribution in [0.15, 0.2) is 0 Å². The van der Waals surface area contributed by atoms with Crippen LogP contribution in [-0.4, -0.2) is 77.9 Å². The van der Waals surface area contributed by atoms with Gasteiger partial charge in [0.1, 0.15) is 0 Å². The predicted molar refractivity (Wildman–Crippen MR) is 103 cm³/mol. The smallest absolute Gasteiger partial charge is 0.410 e. The third-order valence-electron chi connectivity index (χ3n) is 6.22. The van der Waals surface area contributed by atoms with Gasteiger partial charge in [-0.05, 0) is 46.0 Å². The molecule has 1 saturated carbocycles. The zero-order valence-corrected chi connectivity index (χ0v) is 17.0. The lowest BCUT2D eigenvalue weighted by Gasteiger charge is -2.54. The minimum absolute atomic E-state index is 0.00107. The summed E-state index contributed by atoms with van der Waals surface area (Å²) in [6, 6.07) is 0.430. The molecular weight excluding hydrogens is 346 g/mol. The van der Waals surface area contributed by atoms with E-state index >= 15 is 0 Å². The van der Waals surface area contributed by atoms with Crippen LogP contribution in [0.25, 0.3) is 0 Å². The molecule has 0 spiro atoms. The van der Waals surface area contributed by atoms with Crippen molar-refractivity contribution >= 4 is 12.0 Å². The van der Waals surface area contributed by atoms with Crippen LogP contribution in [0.2, 0.25) is 0 Å². The summed E-state index contributed by atoms with van der Waals surface area (Å²) in [4.78, 5) is 28.9. The van der Waals surface area contributed by atoms with Crippen molar-refractivity contribution in [2.75, 3.05) is 19.6 Å². The maximum atomic E-state index is 12.8. The van der Waals surface area contributed by atoms with E-state index in [1.54, 1.807) is 6.92 Å². The van der Waals surface area contributed by atoms with Gasteiger partial charge >= 0.3 is 6.09 Å². The van der Waals surface area contributed by atoms with E-state index in [1.165, 1.54) is 0 Å². The molecule has 0 aromatic carbocycles. The number of nitrogens with two attached hydrogens (primary N) is 1. The van der Waals surface area contributed by atoms with Gasteiger partial charge in [-0.25, -0.2) is 4.79 Å². The van der Waals surface area contributed by atoms with Gasteiger partial charge in [0.05, 0.1) is 24.4 Å². The highest BCUT2D eigenvalue weighted by atomic mass is 16.6. The Balaban J connectivity index is 1.77. The number of nitrogens with zero attached hydrogens (tertiary/aromatic N) is 2. The average molecular weight is 382 g/mol. The summed E-state index contributed by atoms with van der Waals surface area (Å²) >= 11 is 0. The summed E-state index contributed by atoms with van der Waals surface area (Å²) in [6.07, 6.45) is 2.42. The van der Waals surface area contributed by atoms with E-state index < -0.39 is 0 Å². The Morgan fingerprint density at radius 2 is 1.89 bits per heavy atom. The second-order valence-electron chi connectivity index (χ2n) is 8.60. The van der Waals surface area contributed by atoms with Crippen LogP contribution in [0.5, 0.6) is 0 Å². The topological polar surface area (TPSA) is 99.9 Å². The minimum atomic E-state index is -0.257. The zero-order chi connectivity index (χ0) is 19.7. The molecule has 2 heterocycles. The first-order valence-corrected chi connectivity index (χ1v) is 10.3. The molecule has 0 aromatic rings. The second-order valence-corrected chi connectivity index (χ2v) is 8.60. The van der Waals surface area contributed by atoms with Gasteiger partial charge in [0.2, 0.25) is 5.91 Å². The van der Waals surface area contributed by atoms with Crippen LogP contribution >= 0.6 is 0 Å². The number of carbonyl (C=O) groups is 2. The molecule has 0 bridgehead atoms. The zero-order valence-electron chi connectivity index (χ0n) is 17.0. The lowest BCUT2D eigenvalue weighted by molar-refractivity contribution is -0.142. The van der Waals surface area contributed by atoms with Crippen molar-refractivity contribution in [3.8, 4) is 0 Å². The summed E-state index contributed by atoms with van der Waals surface area (Å²) in [5, 5.41) is 6.89. The van der Waals surface area contributed by atoms with E-state index in [2.05, 4.69) is 10.6 Å². The summed E-state index contributed by atoms with van der Waals surface area (Å²) in [5.41, 5.74) is 5.92. The molecule has 2 amide bonds. The average Bonchev–Trinajstić information content (AvgIpc) is 2.60. The number of piperazine rings is 2.